The van der Waals surface area contributed by atoms with Crippen molar-refractivity contribution in [2.24, 2.45) is 4.99 Å². The molecule has 0 bridgehead atoms. The summed E-state index contributed by atoms with van der Waals surface area (Å²) in [7, 11) is 1.88. The minimum absolute atomic E-state index is 0. The second kappa shape index (κ2) is 11.6. The molecule has 0 saturated carbocycles. The van der Waals surface area contributed by atoms with E-state index >= 15 is 0 Å². The summed E-state index contributed by atoms with van der Waals surface area (Å²) in [5.74, 6) is 1.03. The predicted octanol–water partition coefficient (Wildman–Crippen LogP) is 3.40. The molecule has 1 aliphatic heterocycles. The molecule has 0 amide bonds. The molecule has 3 rings (SSSR count). The van der Waals surface area contributed by atoms with E-state index in [2.05, 4.69) is 67.7 Å². The molecule has 1 N–H and O–H groups in total. The van der Waals surface area contributed by atoms with Crippen LogP contribution in [0.15, 0.2) is 40.7 Å². The number of hydrogen-bond donors (Lipinski definition) is 1. The van der Waals surface area contributed by atoms with Crippen molar-refractivity contribution in [1.29, 1.82) is 0 Å². The van der Waals surface area contributed by atoms with Gasteiger partial charge in [0.25, 0.3) is 0 Å². The summed E-state index contributed by atoms with van der Waals surface area (Å²) in [5.41, 5.74) is 2.52. The Bertz CT molecular complexity index is 695. The van der Waals surface area contributed by atoms with Gasteiger partial charge in [0.15, 0.2) is 5.96 Å². The lowest BCUT2D eigenvalue weighted by Gasteiger charge is -2.36. The highest BCUT2D eigenvalue weighted by molar-refractivity contribution is 14.0. The van der Waals surface area contributed by atoms with Crippen LogP contribution in [0.1, 0.15) is 22.7 Å². The van der Waals surface area contributed by atoms with Crippen LogP contribution in [-0.2, 0) is 13.0 Å². The lowest BCUT2D eigenvalue weighted by molar-refractivity contribution is 0.172. The number of aromatic nitrogens is 1. The Balaban J connectivity index is 0.00000261. The van der Waals surface area contributed by atoms with Crippen molar-refractivity contribution in [2.75, 3.05) is 39.8 Å². The zero-order valence-corrected chi connectivity index (χ0v) is 19.4. The minimum atomic E-state index is 0. The minimum Gasteiger partial charge on any atom is -0.356 e. The van der Waals surface area contributed by atoms with Crippen LogP contribution in [0.2, 0.25) is 0 Å². The van der Waals surface area contributed by atoms with Crippen molar-refractivity contribution in [3.63, 3.8) is 0 Å². The standard InChI is InChI=1S/C20H29N5S.HI/c1-17-16-26-19(23-17)9-6-10-22-20(21-2)25-13-11-24(12-14-25)15-18-7-4-3-5-8-18;/h3-5,7-8,16H,6,9-15H2,1-2H3,(H,21,22);1H. The van der Waals surface area contributed by atoms with Crippen molar-refractivity contribution in [2.45, 2.75) is 26.3 Å². The van der Waals surface area contributed by atoms with Crippen molar-refractivity contribution in [3.8, 4) is 0 Å². The second-order valence-corrected chi connectivity index (χ2v) is 7.65. The van der Waals surface area contributed by atoms with Crippen molar-refractivity contribution in [3.05, 3.63) is 52.0 Å². The van der Waals surface area contributed by atoms with Gasteiger partial charge in [-0.2, -0.15) is 0 Å². The van der Waals surface area contributed by atoms with Gasteiger partial charge in [-0.3, -0.25) is 9.89 Å². The second-order valence-electron chi connectivity index (χ2n) is 6.71. The number of piperazine rings is 1. The van der Waals surface area contributed by atoms with Gasteiger partial charge in [-0.1, -0.05) is 30.3 Å². The Morgan fingerprint density at radius 1 is 1.19 bits per heavy atom. The monoisotopic (exact) mass is 499 g/mol. The van der Waals surface area contributed by atoms with Gasteiger partial charge in [-0.05, 0) is 18.9 Å². The molecule has 0 spiro atoms. The third-order valence-electron chi connectivity index (χ3n) is 4.65. The first-order valence-electron chi connectivity index (χ1n) is 9.37. The molecule has 1 aromatic carbocycles. The van der Waals surface area contributed by atoms with Crippen LogP contribution < -0.4 is 5.32 Å². The van der Waals surface area contributed by atoms with E-state index in [1.165, 1.54) is 10.6 Å². The van der Waals surface area contributed by atoms with Crippen LogP contribution in [-0.4, -0.2) is 60.5 Å². The van der Waals surface area contributed by atoms with Gasteiger partial charge in [0.1, 0.15) is 0 Å². The largest absolute Gasteiger partial charge is 0.356 e. The molecule has 0 atom stereocenters. The van der Waals surface area contributed by atoms with Gasteiger partial charge >= 0.3 is 0 Å². The molecule has 7 heteroatoms. The Morgan fingerprint density at radius 2 is 1.93 bits per heavy atom. The molecule has 0 unspecified atom stereocenters. The molecular formula is C20H30IN5S. The third kappa shape index (κ3) is 7.04. The van der Waals surface area contributed by atoms with Crippen LogP contribution >= 0.6 is 35.3 Å². The van der Waals surface area contributed by atoms with Crippen LogP contribution in [0.5, 0.6) is 0 Å². The smallest absolute Gasteiger partial charge is 0.193 e. The topological polar surface area (TPSA) is 43.8 Å². The van der Waals surface area contributed by atoms with Gasteiger partial charge in [0.2, 0.25) is 0 Å². The molecular weight excluding hydrogens is 469 g/mol. The maximum Gasteiger partial charge on any atom is 0.193 e. The Labute approximate surface area is 183 Å². The lowest BCUT2D eigenvalue weighted by atomic mass is 10.2. The average molecular weight is 499 g/mol. The fraction of sp³-hybridized carbons (Fsp3) is 0.500. The fourth-order valence-electron chi connectivity index (χ4n) is 3.25. The number of aryl methyl sites for hydroxylation is 2. The zero-order chi connectivity index (χ0) is 18.2. The van der Waals surface area contributed by atoms with Crippen molar-refractivity contribution < 1.29 is 0 Å². The first kappa shape index (κ1) is 22.1. The van der Waals surface area contributed by atoms with Crippen LogP contribution in [0.4, 0.5) is 0 Å². The molecule has 1 aliphatic rings. The van der Waals surface area contributed by atoms with E-state index in [1.807, 2.05) is 7.05 Å². The first-order valence-corrected chi connectivity index (χ1v) is 10.3. The Kier molecular flexibility index (Phi) is 9.50. The van der Waals surface area contributed by atoms with E-state index in [4.69, 9.17) is 0 Å². The number of halogens is 1. The molecule has 1 saturated heterocycles. The Hall–Kier alpha value is -1.19. The van der Waals surface area contributed by atoms with Crippen LogP contribution in [0.25, 0.3) is 0 Å². The molecule has 2 heterocycles. The number of hydrogen-bond acceptors (Lipinski definition) is 4. The number of rotatable bonds is 6. The van der Waals surface area contributed by atoms with E-state index in [9.17, 15) is 0 Å². The molecule has 148 valence electrons. The maximum absolute atomic E-state index is 4.52. The number of nitrogens with zero attached hydrogens (tertiary/aromatic N) is 4. The van der Waals surface area contributed by atoms with Crippen LogP contribution in [0, 0.1) is 6.92 Å². The lowest BCUT2D eigenvalue weighted by Crippen LogP contribution is -2.52. The van der Waals surface area contributed by atoms with E-state index in [1.54, 1.807) is 11.3 Å². The third-order valence-corrected chi connectivity index (χ3v) is 5.68. The molecule has 5 nitrogen and oxygen atoms in total. The van der Waals surface area contributed by atoms with Gasteiger partial charge in [-0.15, -0.1) is 35.3 Å². The summed E-state index contributed by atoms with van der Waals surface area (Å²) in [6.07, 6.45) is 2.12. The summed E-state index contributed by atoms with van der Waals surface area (Å²) < 4.78 is 0. The zero-order valence-electron chi connectivity index (χ0n) is 16.2. The number of aliphatic imine (C=N–C) groups is 1. The first-order chi connectivity index (χ1) is 12.7. The van der Waals surface area contributed by atoms with Gasteiger partial charge in [0, 0.05) is 63.8 Å². The molecule has 0 radical (unpaired) electrons. The highest BCUT2D eigenvalue weighted by atomic mass is 127. The van der Waals surface area contributed by atoms with Gasteiger partial charge < -0.3 is 10.2 Å². The summed E-state index contributed by atoms with van der Waals surface area (Å²) >= 11 is 1.76. The van der Waals surface area contributed by atoms with E-state index in [-0.39, 0.29) is 24.0 Å². The summed E-state index contributed by atoms with van der Waals surface area (Å²) in [5, 5.41) is 6.87. The fourth-order valence-corrected chi connectivity index (χ4v) is 4.07. The van der Waals surface area contributed by atoms with Crippen molar-refractivity contribution >= 4 is 41.3 Å². The van der Waals surface area contributed by atoms with Crippen molar-refractivity contribution in [1.82, 2.24) is 20.1 Å². The predicted molar refractivity (Wildman–Crippen MR) is 125 cm³/mol. The number of nitrogens with one attached hydrogen (secondary N) is 1. The van der Waals surface area contributed by atoms with E-state index in [0.29, 0.717) is 0 Å². The molecule has 0 aliphatic carbocycles. The normalized spacial score (nSPS) is 15.5. The van der Waals surface area contributed by atoms with E-state index in [0.717, 1.165) is 63.8 Å². The SMILES string of the molecule is CN=C(NCCCc1nc(C)cs1)N1CCN(Cc2ccccc2)CC1.I. The number of benzene rings is 1. The number of guanidine groups is 1. The highest BCUT2D eigenvalue weighted by Gasteiger charge is 2.19. The quantitative estimate of drug-likeness (QED) is 0.287. The molecule has 1 fully saturated rings. The summed E-state index contributed by atoms with van der Waals surface area (Å²) in [4.78, 5) is 13.9. The summed E-state index contributed by atoms with van der Waals surface area (Å²) in [6.45, 7) is 8.24. The highest BCUT2D eigenvalue weighted by Crippen LogP contribution is 2.11. The van der Waals surface area contributed by atoms with Gasteiger partial charge in [0.05, 0.1) is 5.01 Å². The molecule has 27 heavy (non-hydrogen) atoms. The Morgan fingerprint density at radius 3 is 2.56 bits per heavy atom. The van der Waals surface area contributed by atoms with Gasteiger partial charge in [-0.25, -0.2) is 4.98 Å². The molecule has 1 aromatic heterocycles. The number of thiazole rings is 1. The van der Waals surface area contributed by atoms with Crippen LogP contribution in [0.3, 0.4) is 0 Å². The maximum atomic E-state index is 4.52. The van der Waals surface area contributed by atoms with E-state index < -0.39 is 0 Å². The molecule has 2 aromatic rings. The average Bonchev–Trinajstić information content (AvgIpc) is 3.09. The summed E-state index contributed by atoms with van der Waals surface area (Å²) in [6, 6.07) is 10.7.